The van der Waals surface area contributed by atoms with Crippen LogP contribution in [0.3, 0.4) is 0 Å². The molecular weight excluding hydrogens is 348 g/mol. The van der Waals surface area contributed by atoms with Gasteiger partial charge < -0.3 is 14.5 Å². The lowest BCUT2D eigenvalue weighted by molar-refractivity contribution is -0.127. The average Bonchev–Trinajstić information content (AvgIpc) is 3.22. The van der Waals surface area contributed by atoms with Crippen molar-refractivity contribution < 1.29 is 14.3 Å². The second-order valence-corrected chi connectivity index (χ2v) is 6.88. The largest absolute Gasteiger partial charge is 0.494 e. The zero-order valence-corrected chi connectivity index (χ0v) is 15.6. The molecule has 1 fully saturated rings. The molecule has 6 heteroatoms. The highest BCUT2D eigenvalue weighted by Gasteiger charge is 2.24. The maximum Gasteiger partial charge on any atom is 0.264 e. The molecule has 0 bridgehead atoms. The maximum absolute atomic E-state index is 12.4. The van der Waals surface area contributed by atoms with Crippen molar-refractivity contribution >= 4 is 29.2 Å². The molecule has 0 radical (unpaired) electrons. The van der Waals surface area contributed by atoms with E-state index in [0.29, 0.717) is 32.8 Å². The first-order valence-electron chi connectivity index (χ1n) is 8.70. The topological polar surface area (TPSA) is 49.9 Å². The minimum Gasteiger partial charge on any atom is -0.494 e. The fraction of sp³-hybridized carbons (Fsp3) is 0.300. The number of nitrogens with zero attached hydrogens (tertiary/aromatic N) is 2. The van der Waals surface area contributed by atoms with Gasteiger partial charge in [0.05, 0.1) is 11.5 Å². The van der Waals surface area contributed by atoms with Crippen LogP contribution in [-0.4, -0.2) is 54.4 Å². The van der Waals surface area contributed by atoms with Gasteiger partial charge in [-0.15, -0.1) is 11.3 Å². The zero-order chi connectivity index (χ0) is 18.4. The van der Waals surface area contributed by atoms with Gasteiger partial charge in [-0.3, -0.25) is 9.59 Å². The molecule has 0 N–H and O–H groups in total. The number of carbonyl (C=O) groups is 2. The summed E-state index contributed by atoms with van der Waals surface area (Å²) in [5.74, 6) is 0.849. The number of amides is 2. The van der Waals surface area contributed by atoms with E-state index in [2.05, 4.69) is 0 Å². The van der Waals surface area contributed by atoms with Gasteiger partial charge in [-0.05, 0) is 42.1 Å². The number of benzene rings is 1. The molecule has 1 aliphatic rings. The third-order valence-electron chi connectivity index (χ3n) is 4.22. The van der Waals surface area contributed by atoms with Gasteiger partial charge in [0.1, 0.15) is 5.75 Å². The lowest BCUT2D eigenvalue weighted by Crippen LogP contribution is -2.50. The molecule has 1 saturated heterocycles. The number of rotatable bonds is 5. The van der Waals surface area contributed by atoms with Crippen LogP contribution >= 0.6 is 11.3 Å². The number of hydrogen-bond acceptors (Lipinski definition) is 4. The minimum atomic E-state index is -0.0258. The lowest BCUT2D eigenvalue weighted by atomic mass is 10.2. The van der Waals surface area contributed by atoms with Crippen LogP contribution in [0, 0.1) is 0 Å². The molecule has 3 rings (SSSR count). The summed E-state index contributed by atoms with van der Waals surface area (Å²) in [6.07, 6.45) is 3.40. The highest BCUT2D eigenvalue weighted by Crippen LogP contribution is 2.15. The van der Waals surface area contributed by atoms with Crippen LogP contribution in [0.4, 0.5) is 0 Å². The summed E-state index contributed by atoms with van der Waals surface area (Å²) in [6, 6.07) is 11.3. The third-order valence-corrected chi connectivity index (χ3v) is 5.08. The van der Waals surface area contributed by atoms with Gasteiger partial charge in [0.25, 0.3) is 5.91 Å². The van der Waals surface area contributed by atoms with E-state index >= 15 is 0 Å². The van der Waals surface area contributed by atoms with Crippen LogP contribution in [0.5, 0.6) is 5.75 Å². The minimum absolute atomic E-state index is 0.0258. The summed E-state index contributed by atoms with van der Waals surface area (Å²) >= 11 is 1.45. The Morgan fingerprint density at radius 1 is 1.08 bits per heavy atom. The molecule has 26 heavy (non-hydrogen) atoms. The molecule has 1 aromatic heterocycles. The van der Waals surface area contributed by atoms with Gasteiger partial charge in [0, 0.05) is 32.3 Å². The maximum atomic E-state index is 12.4. The lowest BCUT2D eigenvalue weighted by Gasteiger charge is -2.34. The van der Waals surface area contributed by atoms with Gasteiger partial charge in [-0.1, -0.05) is 18.2 Å². The van der Waals surface area contributed by atoms with Crippen molar-refractivity contribution in [1.29, 1.82) is 0 Å². The number of carbonyl (C=O) groups excluding carboxylic acids is 2. The highest BCUT2D eigenvalue weighted by molar-refractivity contribution is 7.12. The quantitative estimate of drug-likeness (QED) is 0.760. The van der Waals surface area contributed by atoms with Crippen molar-refractivity contribution in [2.45, 2.75) is 6.92 Å². The van der Waals surface area contributed by atoms with Crippen molar-refractivity contribution in [2.24, 2.45) is 0 Å². The van der Waals surface area contributed by atoms with Crippen molar-refractivity contribution in [3.8, 4) is 5.75 Å². The zero-order valence-electron chi connectivity index (χ0n) is 14.8. The molecule has 136 valence electrons. The van der Waals surface area contributed by atoms with Crippen LogP contribution in [0.15, 0.2) is 47.9 Å². The summed E-state index contributed by atoms with van der Waals surface area (Å²) in [5.41, 5.74) is 0.952. The van der Waals surface area contributed by atoms with Gasteiger partial charge in [-0.2, -0.15) is 0 Å². The Hall–Kier alpha value is -2.60. The Kier molecular flexibility index (Phi) is 6.07. The van der Waals surface area contributed by atoms with Crippen LogP contribution in [0.1, 0.15) is 22.2 Å². The van der Waals surface area contributed by atoms with Crippen molar-refractivity contribution in [1.82, 2.24) is 9.80 Å². The van der Waals surface area contributed by atoms with E-state index < -0.39 is 0 Å². The fourth-order valence-electron chi connectivity index (χ4n) is 2.80. The molecule has 2 aromatic rings. The summed E-state index contributed by atoms with van der Waals surface area (Å²) < 4.78 is 5.41. The predicted molar refractivity (Wildman–Crippen MR) is 103 cm³/mol. The Balaban J connectivity index is 1.51. The third kappa shape index (κ3) is 4.52. The molecule has 0 atom stereocenters. The molecule has 1 aromatic carbocycles. The molecule has 2 amide bonds. The fourth-order valence-corrected chi connectivity index (χ4v) is 3.49. The predicted octanol–water partition coefficient (Wildman–Crippen LogP) is 3.14. The smallest absolute Gasteiger partial charge is 0.264 e. The van der Waals surface area contributed by atoms with Gasteiger partial charge in [-0.25, -0.2) is 0 Å². The average molecular weight is 370 g/mol. The molecule has 0 unspecified atom stereocenters. The first-order valence-corrected chi connectivity index (χ1v) is 9.58. The van der Waals surface area contributed by atoms with Gasteiger partial charge >= 0.3 is 0 Å². The molecule has 2 heterocycles. The van der Waals surface area contributed by atoms with E-state index in [1.807, 2.05) is 53.6 Å². The molecular formula is C20H22N2O3S. The van der Waals surface area contributed by atoms with Crippen LogP contribution < -0.4 is 4.74 Å². The Labute approximate surface area is 157 Å². The van der Waals surface area contributed by atoms with Crippen LogP contribution in [0.2, 0.25) is 0 Å². The second kappa shape index (κ2) is 8.67. The van der Waals surface area contributed by atoms with E-state index in [-0.39, 0.29) is 11.8 Å². The molecule has 0 aliphatic carbocycles. The normalized spacial score (nSPS) is 14.7. The number of piperazine rings is 1. The molecule has 0 spiro atoms. The molecule has 1 aliphatic heterocycles. The monoisotopic (exact) mass is 370 g/mol. The number of ether oxygens (including phenoxy) is 1. The summed E-state index contributed by atoms with van der Waals surface area (Å²) in [5, 5.41) is 1.90. The first-order chi connectivity index (χ1) is 12.7. The second-order valence-electron chi connectivity index (χ2n) is 5.93. The van der Waals surface area contributed by atoms with Crippen LogP contribution in [0.25, 0.3) is 6.08 Å². The Bertz CT molecular complexity index is 761. The summed E-state index contributed by atoms with van der Waals surface area (Å²) in [6.45, 7) is 4.83. The van der Waals surface area contributed by atoms with E-state index in [4.69, 9.17) is 4.74 Å². The Morgan fingerprint density at radius 3 is 2.38 bits per heavy atom. The Morgan fingerprint density at radius 2 is 1.77 bits per heavy atom. The standard InChI is InChI=1S/C20H22N2O3S/c1-2-25-17-8-5-16(6-9-17)7-10-19(23)21-11-13-22(14-12-21)20(24)18-4-3-15-26-18/h3-10,15H,2,11-14H2,1H3/b10-7+. The van der Waals surface area contributed by atoms with Crippen LogP contribution in [-0.2, 0) is 4.79 Å². The molecule has 0 saturated carbocycles. The van der Waals surface area contributed by atoms with Crippen molar-refractivity contribution in [3.05, 3.63) is 58.3 Å². The van der Waals surface area contributed by atoms with E-state index in [0.717, 1.165) is 16.2 Å². The van der Waals surface area contributed by atoms with E-state index in [1.54, 1.807) is 17.1 Å². The highest BCUT2D eigenvalue weighted by atomic mass is 32.1. The number of hydrogen-bond donors (Lipinski definition) is 0. The van der Waals surface area contributed by atoms with Gasteiger partial charge in [0.2, 0.25) is 5.91 Å². The van der Waals surface area contributed by atoms with Gasteiger partial charge in [0.15, 0.2) is 0 Å². The summed E-state index contributed by atoms with van der Waals surface area (Å²) in [4.78, 5) is 29.0. The SMILES string of the molecule is CCOc1ccc(/C=C/C(=O)N2CCN(C(=O)c3cccs3)CC2)cc1. The van der Waals surface area contributed by atoms with Crippen molar-refractivity contribution in [2.75, 3.05) is 32.8 Å². The first kappa shape index (κ1) is 18.2. The molecule has 5 nitrogen and oxygen atoms in total. The number of thiophene rings is 1. The van der Waals surface area contributed by atoms with Crippen molar-refractivity contribution in [3.63, 3.8) is 0 Å². The van der Waals surface area contributed by atoms with E-state index in [9.17, 15) is 9.59 Å². The van der Waals surface area contributed by atoms with E-state index in [1.165, 1.54) is 11.3 Å². The summed E-state index contributed by atoms with van der Waals surface area (Å²) in [7, 11) is 0.